The quantitative estimate of drug-likeness (QED) is 0.872. The number of aromatic nitrogens is 1. The van der Waals surface area contributed by atoms with Crippen LogP contribution in [0.4, 0.5) is 0 Å². The van der Waals surface area contributed by atoms with Crippen molar-refractivity contribution in [3.05, 3.63) is 56.6 Å². The monoisotopic (exact) mass is 287 g/mol. The van der Waals surface area contributed by atoms with Crippen LogP contribution < -0.4 is 10.2 Å². The molecule has 1 unspecified atom stereocenters. The van der Waals surface area contributed by atoms with Crippen molar-refractivity contribution in [1.29, 1.82) is 5.26 Å². The Labute approximate surface area is 119 Å². The minimum atomic E-state index is -0.734. The molecule has 2 N–H and O–H groups in total. The van der Waals surface area contributed by atoms with Gasteiger partial charge in [0.15, 0.2) is 0 Å². The number of nitrogens with zero attached hydrogens (tertiary/aromatic N) is 1. The summed E-state index contributed by atoms with van der Waals surface area (Å²) in [6, 6.07) is 11.4. The summed E-state index contributed by atoms with van der Waals surface area (Å²) >= 11 is 1.05. The van der Waals surface area contributed by atoms with E-state index in [9.17, 15) is 9.59 Å². The Hall–Kier alpha value is -2.39. The third-order valence-corrected chi connectivity index (χ3v) is 3.50. The predicted octanol–water partition coefficient (Wildman–Crippen LogP) is 1.44. The number of H-pyrrole nitrogens is 1. The number of carbonyl (C=O) groups excluding carboxylic acids is 1. The Morgan fingerprint density at radius 3 is 2.75 bits per heavy atom. The summed E-state index contributed by atoms with van der Waals surface area (Å²) in [5.41, 5.74) is 1.59. The predicted molar refractivity (Wildman–Crippen MR) is 76.0 cm³/mol. The second-order valence-electron chi connectivity index (χ2n) is 4.26. The zero-order chi connectivity index (χ0) is 14.4. The van der Waals surface area contributed by atoms with Gasteiger partial charge in [0, 0.05) is 11.1 Å². The van der Waals surface area contributed by atoms with E-state index in [-0.39, 0.29) is 17.3 Å². The van der Waals surface area contributed by atoms with E-state index in [1.54, 1.807) is 5.38 Å². The van der Waals surface area contributed by atoms with Crippen molar-refractivity contribution in [2.24, 2.45) is 5.92 Å². The smallest absolute Gasteiger partial charge is 0.304 e. The topological polar surface area (TPSA) is 85.8 Å². The van der Waals surface area contributed by atoms with Gasteiger partial charge < -0.3 is 10.3 Å². The lowest BCUT2D eigenvalue weighted by molar-refractivity contribution is -0.123. The fourth-order valence-corrected chi connectivity index (χ4v) is 2.33. The van der Waals surface area contributed by atoms with E-state index in [0.29, 0.717) is 12.1 Å². The number of nitrogens with one attached hydrogen (secondary N) is 2. The molecule has 6 heteroatoms. The molecular formula is C14H13N3O2S. The Kier molecular flexibility index (Phi) is 4.69. The van der Waals surface area contributed by atoms with Crippen molar-refractivity contribution in [1.82, 2.24) is 10.3 Å². The SMILES string of the molecule is N#CC(Cc1ccccc1)C(=O)NCc1csc(=O)[nH]1. The first kappa shape index (κ1) is 14.0. The van der Waals surface area contributed by atoms with Crippen molar-refractivity contribution in [3.8, 4) is 6.07 Å². The highest BCUT2D eigenvalue weighted by Crippen LogP contribution is 2.08. The number of aromatic amines is 1. The molecule has 20 heavy (non-hydrogen) atoms. The summed E-state index contributed by atoms with van der Waals surface area (Å²) in [5.74, 6) is -1.06. The molecule has 2 aromatic rings. The Bertz CT molecular complexity index is 669. The molecule has 0 aliphatic carbocycles. The second kappa shape index (κ2) is 6.68. The van der Waals surface area contributed by atoms with Crippen LogP contribution in [-0.4, -0.2) is 10.9 Å². The van der Waals surface area contributed by atoms with E-state index in [1.165, 1.54) is 0 Å². The third kappa shape index (κ3) is 3.80. The number of thiazole rings is 1. The van der Waals surface area contributed by atoms with E-state index in [1.807, 2.05) is 36.4 Å². The third-order valence-electron chi connectivity index (χ3n) is 2.78. The Morgan fingerprint density at radius 1 is 1.40 bits per heavy atom. The number of carbonyl (C=O) groups is 1. The minimum absolute atomic E-state index is 0.157. The van der Waals surface area contributed by atoms with E-state index in [0.717, 1.165) is 16.9 Å². The van der Waals surface area contributed by atoms with Crippen LogP contribution in [0.1, 0.15) is 11.3 Å². The van der Waals surface area contributed by atoms with E-state index >= 15 is 0 Å². The second-order valence-corrected chi connectivity index (χ2v) is 5.10. The summed E-state index contributed by atoms with van der Waals surface area (Å²) in [6.07, 6.45) is 0.378. The largest absolute Gasteiger partial charge is 0.349 e. The van der Waals surface area contributed by atoms with Crippen LogP contribution in [0.2, 0.25) is 0 Å². The van der Waals surface area contributed by atoms with Crippen molar-refractivity contribution >= 4 is 17.2 Å². The van der Waals surface area contributed by atoms with Crippen LogP contribution in [0, 0.1) is 17.2 Å². The molecule has 1 aromatic carbocycles. The molecule has 0 spiro atoms. The average molecular weight is 287 g/mol. The molecule has 2 rings (SSSR count). The number of hydrogen-bond acceptors (Lipinski definition) is 4. The van der Waals surface area contributed by atoms with Gasteiger partial charge in [0.2, 0.25) is 5.91 Å². The molecule has 1 atom stereocenters. The highest BCUT2D eigenvalue weighted by molar-refractivity contribution is 7.07. The van der Waals surface area contributed by atoms with Crippen molar-refractivity contribution in [2.45, 2.75) is 13.0 Å². The van der Waals surface area contributed by atoms with Gasteiger partial charge in [-0.15, -0.1) is 0 Å². The normalized spacial score (nSPS) is 11.6. The molecule has 0 radical (unpaired) electrons. The standard InChI is InChI=1S/C14H13N3O2S/c15-7-11(6-10-4-2-1-3-5-10)13(18)16-8-12-9-20-14(19)17-12/h1-5,9,11H,6,8H2,(H,16,18)(H,17,19). The fraction of sp³-hybridized carbons (Fsp3) is 0.214. The molecule has 0 fully saturated rings. The van der Waals surface area contributed by atoms with Gasteiger partial charge in [-0.3, -0.25) is 9.59 Å². The molecule has 0 saturated carbocycles. The minimum Gasteiger partial charge on any atom is -0.349 e. The highest BCUT2D eigenvalue weighted by atomic mass is 32.1. The lowest BCUT2D eigenvalue weighted by Crippen LogP contribution is -2.31. The first-order valence-corrected chi connectivity index (χ1v) is 6.95. The molecule has 1 amide bonds. The number of hydrogen-bond donors (Lipinski definition) is 2. The summed E-state index contributed by atoms with van der Waals surface area (Å²) in [7, 11) is 0. The summed E-state index contributed by atoms with van der Waals surface area (Å²) < 4.78 is 0. The zero-order valence-electron chi connectivity index (χ0n) is 10.6. The summed E-state index contributed by atoms with van der Waals surface area (Å²) in [5, 5.41) is 13.4. The molecular weight excluding hydrogens is 274 g/mol. The first-order chi connectivity index (χ1) is 9.69. The molecule has 0 saturated heterocycles. The van der Waals surface area contributed by atoms with Crippen LogP contribution in [0.3, 0.4) is 0 Å². The van der Waals surface area contributed by atoms with Crippen LogP contribution in [0.25, 0.3) is 0 Å². The lowest BCUT2D eigenvalue weighted by Gasteiger charge is -2.09. The molecule has 1 aromatic heterocycles. The van der Waals surface area contributed by atoms with Crippen molar-refractivity contribution in [3.63, 3.8) is 0 Å². The van der Waals surface area contributed by atoms with Gasteiger partial charge >= 0.3 is 4.87 Å². The van der Waals surface area contributed by atoms with Gasteiger partial charge in [0.1, 0.15) is 5.92 Å². The maximum atomic E-state index is 11.9. The average Bonchev–Trinajstić information content (AvgIpc) is 2.89. The zero-order valence-corrected chi connectivity index (χ0v) is 11.4. The Morgan fingerprint density at radius 2 is 2.15 bits per heavy atom. The first-order valence-electron chi connectivity index (χ1n) is 6.07. The van der Waals surface area contributed by atoms with Gasteiger partial charge in [0.05, 0.1) is 12.6 Å². The molecule has 0 aliphatic heterocycles. The van der Waals surface area contributed by atoms with Gasteiger partial charge in [-0.2, -0.15) is 5.26 Å². The van der Waals surface area contributed by atoms with Crippen LogP contribution in [0.5, 0.6) is 0 Å². The van der Waals surface area contributed by atoms with E-state index in [2.05, 4.69) is 10.3 Å². The lowest BCUT2D eigenvalue weighted by atomic mass is 10.00. The van der Waals surface area contributed by atoms with Crippen LogP contribution in [0.15, 0.2) is 40.5 Å². The van der Waals surface area contributed by atoms with Crippen molar-refractivity contribution in [2.75, 3.05) is 0 Å². The van der Waals surface area contributed by atoms with E-state index < -0.39 is 5.92 Å². The van der Waals surface area contributed by atoms with Gasteiger partial charge in [0.25, 0.3) is 0 Å². The maximum absolute atomic E-state index is 11.9. The Balaban J connectivity index is 1.92. The molecule has 5 nitrogen and oxygen atoms in total. The van der Waals surface area contributed by atoms with Gasteiger partial charge in [-0.25, -0.2) is 0 Å². The van der Waals surface area contributed by atoms with Crippen LogP contribution >= 0.6 is 11.3 Å². The summed E-state index contributed by atoms with van der Waals surface area (Å²) in [4.78, 5) is 25.3. The van der Waals surface area contributed by atoms with Gasteiger partial charge in [-0.05, 0) is 12.0 Å². The molecule has 102 valence electrons. The highest BCUT2D eigenvalue weighted by Gasteiger charge is 2.18. The number of nitriles is 1. The van der Waals surface area contributed by atoms with Crippen molar-refractivity contribution < 1.29 is 4.79 Å². The van der Waals surface area contributed by atoms with E-state index in [4.69, 9.17) is 5.26 Å². The fourth-order valence-electron chi connectivity index (χ4n) is 1.75. The molecule has 0 bridgehead atoms. The number of amides is 1. The maximum Gasteiger partial charge on any atom is 0.304 e. The summed E-state index contributed by atoms with van der Waals surface area (Å²) in [6.45, 7) is 0.227. The number of rotatable bonds is 5. The van der Waals surface area contributed by atoms with Gasteiger partial charge in [-0.1, -0.05) is 41.7 Å². The van der Waals surface area contributed by atoms with Crippen LogP contribution in [-0.2, 0) is 17.8 Å². The molecule has 0 aliphatic rings. The molecule has 1 heterocycles. The number of benzene rings is 1.